The number of nitrogens with two attached hydrogens (primary N) is 1. The Morgan fingerprint density at radius 3 is 2.34 bits per heavy atom. The van der Waals surface area contributed by atoms with Crippen LogP contribution >= 0.6 is 0 Å². The van der Waals surface area contributed by atoms with Gasteiger partial charge in [0, 0.05) is 22.8 Å². The second-order valence-electron chi connectivity index (χ2n) is 6.48. The SMILES string of the molecule is COc1ccc(C2C(C#N)=C(N)OC3=C2C(=O)c2ccccc2C3=O)c(OC)c1. The van der Waals surface area contributed by atoms with Crippen LogP contribution in [0.25, 0.3) is 0 Å². The molecule has 2 N–H and O–H groups in total. The molecule has 7 heteroatoms. The van der Waals surface area contributed by atoms with Crippen molar-refractivity contribution < 1.29 is 23.8 Å². The first-order valence-corrected chi connectivity index (χ1v) is 8.73. The number of hydrogen-bond acceptors (Lipinski definition) is 7. The number of benzene rings is 2. The number of allylic oxidation sites excluding steroid dienone is 3. The van der Waals surface area contributed by atoms with Crippen molar-refractivity contribution in [2.24, 2.45) is 5.73 Å². The average Bonchev–Trinajstić information content (AvgIpc) is 2.76. The number of hydrogen-bond donors (Lipinski definition) is 1. The zero-order chi connectivity index (χ0) is 20.7. The van der Waals surface area contributed by atoms with Gasteiger partial charge in [0.2, 0.25) is 11.7 Å². The van der Waals surface area contributed by atoms with Crippen molar-refractivity contribution in [2.45, 2.75) is 5.92 Å². The van der Waals surface area contributed by atoms with Crippen LogP contribution in [0.5, 0.6) is 11.5 Å². The van der Waals surface area contributed by atoms with Gasteiger partial charge in [0.15, 0.2) is 11.5 Å². The number of Topliss-reactive ketones (excluding diaryl/α,β-unsaturated/α-hetero) is 2. The molecule has 7 nitrogen and oxygen atoms in total. The van der Waals surface area contributed by atoms with Crippen molar-refractivity contribution >= 4 is 11.6 Å². The summed E-state index contributed by atoms with van der Waals surface area (Å²) in [4.78, 5) is 26.4. The summed E-state index contributed by atoms with van der Waals surface area (Å²) in [5.74, 6) is -1.19. The van der Waals surface area contributed by atoms with Gasteiger partial charge in [0.1, 0.15) is 23.1 Å². The van der Waals surface area contributed by atoms with Gasteiger partial charge in [-0.05, 0) is 6.07 Å². The fraction of sp³-hybridized carbons (Fsp3) is 0.136. The predicted octanol–water partition coefficient (Wildman–Crippen LogP) is 2.84. The van der Waals surface area contributed by atoms with E-state index in [4.69, 9.17) is 19.9 Å². The molecule has 29 heavy (non-hydrogen) atoms. The van der Waals surface area contributed by atoms with E-state index >= 15 is 0 Å². The Bertz CT molecular complexity index is 1170. The van der Waals surface area contributed by atoms with E-state index in [0.29, 0.717) is 17.1 Å². The first-order valence-electron chi connectivity index (χ1n) is 8.73. The van der Waals surface area contributed by atoms with Crippen LogP contribution < -0.4 is 15.2 Å². The minimum Gasteiger partial charge on any atom is -0.497 e. The maximum absolute atomic E-state index is 13.3. The number of rotatable bonds is 3. The molecule has 0 amide bonds. The maximum atomic E-state index is 13.3. The standard InChI is InChI=1S/C22H16N2O5/c1-27-11-7-8-14(16(9-11)28-2)17-15(10-23)22(24)29-21-18(17)19(25)12-5-3-4-6-13(12)20(21)26/h3-9,17H,24H2,1-2H3. The summed E-state index contributed by atoms with van der Waals surface area (Å²) in [5, 5.41) is 9.74. The van der Waals surface area contributed by atoms with Crippen LogP contribution in [0.15, 0.2) is 65.3 Å². The van der Waals surface area contributed by atoms with Crippen LogP contribution in [0, 0.1) is 11.3 Å². The van der Waals surface area contributed by atoms with Gasteiger partial charge >= 0.3 is 0 Å². The van der Waals surface area contributed by atoms with Crippen molar-refractivity contribution in [3.05, 3.63) is 81.9 Å². The number of nitrogens with zero attached hydrogens (tertiary/aromatic N) is 1. The number of ether oxygens (including phenoxy) is 3. The fourth-order valence-electron chi connectivity index (χ4n) is 3.67. The molecule has 0 fully saturated rings. The van der Waals surface area contributed by atoms with E-state index in [1.54, 1.807) is 42.5 Å². The van der Waals surface area contributed by atoms with Gasteiger partial charge in [-0.2, -0.15) is 5.26 Å². The molecule has 0 saturated carbocycles. The molecule has 144 valence electrons. The first kappa shape index (κ1) is 18.3. The highest BCUT2D eigenvalue weighted by molar-refractivity contribution is 6.27. The van der Waals surface area contributed by atoms with E-state index in [0.717, 1.165) is 0 Å². The Balaban J connectivity index is 1.99. The lowest BCUT2D eigenvalue weighted by atomic mass is 9.75. The van der Waals surface area contributed by atoms with E-state index in [9.17, 15) is 14.9 Å². The molecule has 0 aromatic heterocycles. The number of fused-ring (bicyclic) bond motifs is 1. The normalized spacial score (nSPS) is 17.9. The lowest BCUT2D eigenvalue weighted by molar-refractivity contribution is 0.0897. The van der Waals surface area contributed by atoms with Crippen molar-refractivity contribution in [3.8, 4) is 17.6 Å². The van der Waals surface area contributed by atoms with E-state index in [1.807, 2.05) is 6.07 Å². The molecule has 0 radical (unpaired) electrons. The third-order valence-corrected chi connectivity index (χ3v) is 5.04. The molecular weight excluding hydrogens is 372 g/mol. The van der Waals surface area contributed by atoms with Crippen LogP contribution in [-0.2, 0) is 4.74 Å². The van der Waals surface area contributed by atoms with Crippen LogP contribution in [0.4, 0.5) is 0 Å². The first-order chi connectivity index (χ1) is 14.0. The lowest BCUT2D eigenvalue weighted by Gasteiger charge is -2.31. The Hall–Kier alpha value is -4.05. The highest BCUT2D eigenvalue weighted by Gasteiger charge is 2.44. The molecule has 1 heterocycles. The molecule has 0 saturated heterocycles. The van der Waals surface area contributed by atoms with Crippen molar-refractivity contribution in [1.29, 1.82) is 5.26 Å². The van der Waals surface area contributed by atoms with Gasteiger partial charge in [-0.3, -0.25) is 9.59 Å². The molecule has 2 aliphatic rings. The predicted molar refractivity (Wildman–Crippen MR) is 102 cm³/mol. The molecule has 4 rings (SSSR count). The minimum atomic E-state index is -0.908. The Morgan fingerprint density at radius 1 is 1.03 bits per heavy atom. The number of ketones is 2. The second-order valence-corrected chi connectivity index (χ2v) is 6.48. The minimum absolute atomic E-state index is 0.0350. The molecule has 1 unspecified atom stereocenters. The fourth-order valence-corrected chi connectivity index (χ4v) is 3.67. The van der Waals surface area contributed by atoms with Crippen LogP contribution in [0.1, 0.15) is 32.2 Å². The zero-order valence-electron chi connectivity index (χ0n) is 15.7. The van der Waals surface area contributed by atoms with E-state index in [1.165, 1.54) is 14.2 Å². The van der Waals surface area contributed by atoms with E-state index < -0.39 is 17.5 Å². The molecule has 2 aromatic rings. The molecule has 1 aliphatic heterocycles. The van der Waals surface area contributed by atoms with E-state index in [-0.39, 0.29) is 33.9 Å². The topological polar surface area (TPSA) is 112 Å². The Morgan fingerprint density at radius 2 is 1.72 bits per heavy atom. The highest BCUT2D eigenvalue weighted by atomic mass is 16.5. The maximum Gasteiger partial charge on any atom is 0.229 e. The monoisotopic (exact) mass is 388 g/mol. The third-order valence-electron chi connectivity index (χ3n) is 5.04. The summed E-state index contributed by atoms with van der Waals surface area (Å²) in [7, 11) is 2.98. The summed E-state index contributed by atoms with van der Waals surface area (Å²) in [5.41, 5.74) is 7.08. The van der Waals surface area contributed by atoms with Crippen molar-refractivity contribution in [3.63, 3.8) is 0 Å². The van der Waals surface area contributed by atoms with Crippen molar-refractivity contribution in [1.82, 2.24) is 0 Å². The second kappa shape index (κ2) is 6.84. The summed E-state index contributed by atoms with van der Waals surface area (Å²) < 4.78 is 16.2. The van der Waals surface area contributed by atoms with Gasteiger partial charge in [-0.25, -0.2) is 0 Å². The third kappa shape index (κ3) is 2.65. The number of carbonyl (C=O) groups is 2. The van der Waals surface area contributed by atoms with Crippen LogP contribution in [0.2, 0.25) is 0 Å². The van der Waals surface area contributed by atoms with E-state index in [2.05, 4.69) is 0 Å². The quantitative estimate of drug-likeness (QED) is 0.860. The number of carbonyl (C=O) groups excluding carboxylic acids is 2. The van der Waals surface area contributed by atoms with Gasteiger partial charge in [0.25, 0.3) is 0 Å². The van der Waals surface area contributed by atoms with Crippen LogP contribution in [0.3, 0.4) is 0 Å². The van der Waals surface area contributed by atoms with Gasteiger partial charge in [0.05, 0.1) is 25.7 Å². The van der Waals surface area contributed by atoms with Gasteiger partial charge in [-0.1, -0.05) is 30.3 Å². The molecule has 0 spiro atoms. The lowest BCUT2D eigenvalue weighted by Crippen LogP contribution is -2.32. The molecule has 2 aromatic carbocycles. The van der Waals surface area contributed by atoms with Gasteiger partial charge in [-0.15, -0.1) is 0 Å². The summed E-state index contributed by atoms with van der Waals surface area (Å²) >= 11 is 0. The summed E-state index contributed by atoms with van der Waals surface area (Å²) in [6.45, 7) is 0. The summed E-state index contributed by atoms with van der Waals surface area (Å²) in [6.07, 6.45) is 0. The smallest absolute Gasteiger partial charge is 0.229 e. The largest absolute Gasteiger partial charge is 0.497 e. The average molecular weight is 388 g/mol. The van der Waals surface area contributed by atoms with Crippen molar-refractivity contribution in [2.75, 3.05) is 14.2 Å². The highest BCUT2D eigenvalue weighted by Crippen LogP contribution is 2.46. The molecule has 1 atom stereocenters. The Labute approximate surface area is 166 Å². The number of nitriles is 1. The van der Waals surface area contributed by atoms with Gasteiger partial charge < -0.3 is 19.9 Å². The molecule has 1 aliphatic carbocycles. The summed E-state index contributed by atoms with van der Waals surface area (Å²) in [6, 6.07) is 13.5. The Kier molecular flexibility index (Phi) is 4.32. The zero-order valence-corrected chi connectivity index (χ0v) is 15.7. The molecule has 0 bridgehead atoms. The number of methoxy groups -OCH3 is 2. The molecular formula is C22H16N2O5. The van der Waals surface area contributed by atoms with Crippen LogP contribution in [-0.4, -0.2) is 25.8 Å².